The van der Waals surface area contributed by atoms with Gasteiger partial charge in [-0.1, -0.05) is 81.4 Å². The first-order chi connectivity index (χ1) is 21.9. The molecule has 0 aliphatic rings. The largest absolute Gasteiger partial charge is 0.411 e. The van der Waals surface area contributed by atoms with E-state index < -0.39 is 14.5 Å². The van der Waals surface area contributed by atoms with Crippen LogP contribution in [0, 0.1) is 26.7 Å². The molecule has 0 amide bonds. The topological polar surface area (TPSA) is 6.48 Å². The van der Waals surface area contributed by atoms with Crippen LogP contribution in [0.5, 0.6) is 0 Å². The Hall–Kier alpha value is -0.559. The summed E-state index contributed by atoms with van der Waals surface area (Å²) in [5, 5.41) is 4.99. The molecule has 10 heteroatoms. The van der Waals surface area contributed by atoms with Gasteiger partial charge in [0.2, 0.25) is 0 Å². The monoisotopic (exact) mass is 1120 g/mol. The molecule has 0 fully saturated rings. The van der Waals surface area contributed by atoms with Crippen molar-refractivity contribution in [3.8, 4) is 0 Å². The van der Waals surface area contributed by atoms with Gasteiger partial charge in [0, 0.05) is 92.2 Å². The van der Waals surface area contributed by atoms with Gasteiger partial charge in [0.05, 0.1) is 0 Å². The Balaban J connectivity index is 0. The molecule has 270 valence electrons. The summed E-state index contributed by atoms with van der Waals surface area (Å²) in [5.74, 6) is 0. The normalized spacial score (nSPS) is 10.0. The van der Waals surface area contributed by atoms with Gasteiger partial charge in [-0.3, -0.25) is 0 Å². The van der Waals surface area contributed by atoms with Crippen LogP contribution in [0.3, 0.4) is 0 Å². The first-order valence-corrected chi connectivity index (χ1v) is 21.1. The fraction of sp³-hybridized carbons (Fsp3) is 0.211. The van der Waals surface area contributed by atoms with Crippen molar-refractivity contribution in [2.45, 2.75) is 27.7 Å². The molecule has 0 unspecified atom stereocenters. The molecule has 2 radical (unpaired) electrons. The van der Waals surface area contributed by atoms with E-state index in [4.69, 9.17) is 49.7 Å². The summed E-state index contributed by atoms with van der Waals surface area (Å²) in [7, 11) is -3.29. The fourth-order valence-corrected chi connectivity index (χ4v) is 8.72. The predicted molar refractivity (Wildman–Crippen MR) is 225 cm³/mol. The van der Waals surface area contributed by atoms with Crippen molar-refractivity contribution in [2.24, 2.45) is 0 Å². The summed E-state index contributed by atoms with van der Waals surface area (Å²) >= 11 is 19.0. The smallest absolute Gasteiger partial charge is 0.0408 e. The molecule has 4 rings (SSSR count). The number of nitrogens with zero attached hydrogens (tertiary/aromatic N) is 2. The second kappa shape index (κ2) is 27.1. The third-order valence-corrected chi connectivity index (χ3v) is 13.2. The van der Waals surface area contributed by atoms with Crippen LogP contribution in [-0.2, 0) is 70.0 Å². The summed E-state index contributed by atoms with van der Waals surface area (Å²) in [6.07, 6.45) is 0. The minimum atomic E-state index is -1.65. The van der Waals surface area contributed by atoms with E-state index in [0.717, 1.165) is 26.2 Å². The zero-order valence-electron chi connectivity index (χ0n) is 28.2. The molecular weight excluding hydrogens is 1070 g/mol. The molecule has 0 atom stereocenters. The van der Waals surface area contributed by atoms with Gasteiger partial charge in [0.1, 0.15) is 0 Å². The third kappa shape index (κ3) is 17.6. The van der Waals surface area contributed by atoms with Crippen LogP contribution >= 0.6 is 39.0 Å². The van der Waals surface area contributed by atoms with Crippen molar-refractivity contribution in [3.63, 3.8) is 0 Å². The molecule has 0 saturated heterocycles. The minimum absolute atomic E-state index is 0. The van der Waals surface area contributed by atoms with E-state index in [9.17, 15) is 0 Å². The summed E-state index contributed by atoms with van der Waals surface area (Å²) in [5.41, 5.74) is 0. The number of thiocarbonyl (C=S) groups is 2. The van der Waals surface area contributed by atoms with Crippen LogP contribution in [0.25, 0.3) is 0 Å². The summed E-state index contributed by atoms with van der Waals surface area (Å²) < 4.78 is 1.16. The molecule has 0 heterocycles. The standard InChI is InChI=1S/2C14H14P.2C5H11NS2.2Au/c2*1-15(2,13-9-5-3-6-10-13)14-11-7-4-8-12-14;2*1-3-6(4-2)5(7)8;;/h2*3-12H,1-2H2;2*3-4H2,1-2H3,(H,7,8);;/q2*-1;;;;/p-2. The van der Waals surface area contributed by atoms with Crippen molar-refractivity contribution in [3.05, 3.63) is 148 Å². The maximum Gasteiger partial charge on any atom is 0.0408 e. The fourth-order valence-electron chi connectivity index (χ4n) is 4.12. The van der Waals surface area contributed by atoms with Gasteiger partial charge in [-0.15, -0.1) is 0 Å². The van der Waals surface area contributed by atoms with Crippen molar-refractivity contribution >= 4 is 94.1 Å². The Morgan fingerprint density at radius 1 is 0.458 bits per heavy atom. The average Bonchev–Trinajstić information content (AvgIpc) is 3.08. The van der Waals surface area contributed by atoms with Gasteiger partial charge in [0.15, 0.2) is 0 Å². The number of rotatable bonds is 8. The van der Waals surface area contributed by atoms with Gasteiger partial charge < -0.3 is 59.5 Å². The van der Waals surface area contributed by atoms with Crippen LogP contribution in [0.2, 0.25) is 0 Å². The first kappa shape index (κ1) is 49.6. The van der Waals surface area contributed by atoms with Gasteiger partial charge in [-0.05, 0) is 76.2 Å². The Kier molecular flexibility index (Phi) is 28.0. The Morgan fingerprint density at radius 3 is 0.729 bits per heavy atom. The van der Waals surface area contributed by atoms with Crippen molar-refractivity contribution in [2.75, 3.05) is 26.2 Å². The Morgan fingerprint density at radius 2 is 0.625 bits per heavy atom. The van der Waals surface area contributed by atoms with E-state index in [1.807, 2.05) is 110 Å². The van der Waals surface area contributed by atoms with E-state index in [1.165, 1.54) is 21.2 Å². The van der Waals surface area contributed by atoms with Crippen LogP contribution in [0.4, 0.5) is 0 Å². The molecule has 0 N–H and O–H groups in total. The second-order valence-corrected chi connectivity index (χ2v) is 18.2. The number of hydrogen-bond acceptors (Lipinski definition) is 4. The molecule has 4 aromatic carbocycles. The molecular formula is C38H48Au2N2P2S4-4. The maximum atomic E-state index is 4.76. The van der Waals surface area contributed by atoms with Crippen molar-refractivity contribution in [1.29, 1.82) is 0 Å². The Bertz CT molecular complexity index is 1200. The minimum Gasteiger partial charge on any atom is -0.411 e. The summed E-state index contributed by atoms with van der Waals surface area (Å²) in [6, 6.07) is 41.3. The van der Waals surface area contributed by atoms with E-state index in [-0.39, 0.29) is 44.8 Å². The van der Waals surface area contributed by atoms with E-state index >= 15 is 0 Å². The molecule has 0 spiro atoms. The molecule has 48 heavy (non-hydrogen) atoms. The van der Waals surface area contributed by atoms with E-state index in [2.05, 4.69) is 75.2 Å². The molecule has 2 nitrogen and oxygen atoms in total. The van der Waals surface area contributed by atoms with Gasteiger partial charge >= 0.3 is 0 Å². The van der Waals surface area contributed by atoms with Crippen LogP contribution in [-0.4, -0.2) is 44.6 Å². The molecule has 0 saturated carbocycles. The molecule has 0 aliphatic heterocycles. The van der Waals surface area contributed by atoms with Crippen LogP contribution in [0.15, 0.2) is 121 Å². The van der Waals surface area contributed by atoms with Crippen LogP contribution < -0.4 is 21.2 Å². The van der Waals surface area contributed by atoms with E-state index in [0.29, 0.717) is 8.64 Å². The van der Waals surface area contributed by atoms with E-state index in [1.54, 1.807) is 0 Å². The van der Waals surface area contributed by atoms with Crippen molar-refractivity contribution < 1.29 is 44.8 Å². The molecule has 0 aromatic heterocycles. The molecule has 4 aromatic rings. The number of benzene rings is 4. The average molecular weight is 1120 g/mol. The zero-order valence-corrected chi connectivity index (χ0v) is 37.6. The van der Waals surface area contributed by atoms with Gasteiger partial charge in [-0.25, -0.2) is 0 Å². The third-order valence-electron chi connectivity index (χ3n) is 7.05. The molecule has 0 bridgehead atoms. The zero-order chi connectivity index (χ0) is 34.6. The molecule has 0 aliphatic carbocycles. The quantitative estimate of drug-likeness (QED) is 0.0569. The predicted octanol–water partition coefficient (Wildman–Crippen LogP) is 8.79. The first-order valence-electron chi connectivity index (χ1n) is 15.2. The van der Waals surface area contributed by atoms with Crippen LogP contribution in [0.1, 0.15) is 27.7 Å². The van der Waals surface area contributed by atoms with Gasteiger partial charge in [-0.2, -0.15) is 41.2 Å². The SMILES string of the molecule is CCN(CC)C(=S)[S-].CCN(CC)C(=S)[S-].[Au].[Au].[CH2-][P+]([CH2-])(c1ccccc1)c1ccccc1.[CH2-][P+]([CH2-])(c1ccccc1)c1ccccc1. The summed E-state index contributed by atoms with van der Waals surface area (Å²) in [4.78, 5) is 3.93. The maximum absolute atomic E-state index is 4.76. The number of hydrogen-bond donors (Lipinski definition) is 0. The van der Waals surface area contributed by atoms with Crippen molar-refractivity contribution in [1.82, 2.24) is 9.80 Å². The van der Waals surface area contributed by atoms with Gasteiger partial charge in [0.25, 0.3) is 0 Å². The summed E-state index contributed by atoms with van der Waals surface area (Å²) in [6.45, 7) is 29.1. The second-order valence-electron chi connectivity index (χ2n) is 10.2. The Labute approximate surface area is 347 Å².